The fourth-order valence-corrected chi connectivity index (χ4v) is 6.08. The lowest BCUT2D eigenvalue weighted by atomic mass is 9.49. The number of thiazole rings is 1. The van der Waals surface area contributed by atoms with Gasteiger partial charge in [0.1, 0.15) is 0 Å². The molecule has 1 aromatic heterocycles. The minimum atomic E-state index is -0.127. The van der Waals surface area contributed by atoms with Crippen molar-refractivity contribution in [2.75, 3.05) is 13.7 Å². The van der Waals surface area contributed by atoms with E-state index in [-0.39, 0.29) is 11.3 Å². The summed E-state index contributed by atoms with van der Waals surface area (Å²) >= 11 is 1.55. The average Bonchev–Trinajstić information content (AvgIpc) is 2.91. The Bertz CT molecular complexity index is 595. The van der Waals surface area contributed by atoms with E-state index in [2.05, 4.69) is 4.99 Å². The molecule has 0 aromatic carbocycles. The molecule has 5 rings (SSSR count). The molecule has 0 spiro atoms. The number of amides is 1. The van der Waals surface area contributed by atoms with Crippen LogP contribution in [0, 0.1) is 23.2 Å². The van der Waals surface area contributed by atoms with Crippen molar-refractivity contribution in [2.45, 2.75) is 45.1 Å². The van der Waals surface area contributed by atoms with Crippen LogP contribution >= 0.6 is 11.3 Å². The molecular formula is C17H24N2O2S. The molecule has 4 aliphatic rings. The molecule has 4 bridgehead atoms. The third-order valence-corrected chi connectivity index (χ3v) is 6.68. The van der Waals surface area contributed by atoms with E-state index in [0.29, 0.717) is 6.61 Å². The third-order valence-electron chi connectivity index (χ3n) is 5.89. The zero-order valence-corrected chi connectivity index (χ0v) is 14.0. The lowest BCUT2D eigenvalue weighted by Crippen LogP contribution is -2.49. The first-order valence-electron chi connectivity index (χ1n) is 8.40. The molecule has 0 saturated heterocycles. The van der Waals surface area contributed by atoms with Gasteiger partial charge in [-0.3, -0.25) is 4.79 Å². The summed E-state index contributed by atoms with van der Waals surface area (Å²) in [5.41, 5.74) is -0.127. The second-order valence-corrected chi connectivity index (χ2v) is 8.36. The van der Waals surface area contributed by atoms with E-state index in [1.165, 1.54) is 19.3 Å². The number of ether oxygens (including phenoxy) is 1. The monoisotopic (exact) mass is 320 g/mol. The molecule has 1 aromatic rings. The van der Waals surface area contributed by atoms with Gasteiger partial charge in [-0.15, -0.1) is 11.3 Å². The highest BCUT2D eigenvalue weighted by Crippen LogP contribution is 2.60. The van der Waals surface area contributed by atoms with Crippen LogP contribution in [0.1, 0.15) is 38.5 Å². The lowest BCUT2D eigenvalue weighted by molar-refractivity contribution is -0.142. The SMILES string of the molecule is COCCn1ccs/c1=N\C(=O)C12CC3CC(CC(C3)C1)C2. The smallest absolute Gasteiger partial charge is 0.254 e. The second kappa shape index (κ2) is 5.60. The van der Waals surface area contributed by atoms with Crippen LogP contribution in [-0.2, 0) is 16.1 Å². The van der Waals surface area contributed by atoms with Gasteiger partial charge in [-0.1, -0.05) is 0 Å². The van der Waals surface area contributed by atoms with E-state index >= 15 is 0 Å². The summed E-state index contributed by atoms with van der Waals surface area (Å²) in [6.45, 7) is 1.41. The Morgan fingerprint density at radius 1 is 1.32 bits per heavy atom. The van der Waals surface area contributed by atoms with Crippen LogP contribution in [0.5, 0.6) is 0 Å². The normalized spacial score (nSPS) is 37.0. The van der Waals surface area contributed by atoms with Crippen molar-refractivity contribution >= 4 is 17.2 Å². The molecule has 22 heavy (non-hydrogen) atoms. The van der Waals surface area contributed by atoms with Gasteiger partial charge in [0, 0.05) is 25.2 Å². The van der Waals surface area contributed by atoms with Gasteiger partial charge >= 0.3 is 0 Å². The molecular weight excluding hydrogens is 296 g/mol. The van der Waals surface area contributed by atoms with Crippen molar-refractivity contribution in [1.82, 2.24) is 4.57 Å². The van der Waals surface area contributed by atoms with Gasteiger partial charge in [0.15, 0.2) is 4.80 Å². The molecule has 4 aliphatic carbocycles. The Labute approximate surface area is 135 Å². The minimum Gasteiger partial charge on any atom is -0.383 e. The zero-order valence-electron chi connectivity index (χ0n) is 13.2. The number of hydrogen-bond acceptors (Lipinski definition) is 3. The van der Waals surface area contributed by atoms with Crippen molar-refractivity contribution in [3.05, 3.63) is 16.4 Å². The van der Waals surface area contributed by atoms with E-state index in [1.54, 1.807) is 18.4 Å². The Hall–Kier alpha value is -0.940. The van der Waals surface area contributed by atoms with Crippen LogP contribution in [-0.4, -0.2) is 24.2 Å². The molecule has 5 heteroatoms. The van der Waals surface area contributed by atoms with Gasteiger partial charge in [-0.05, 0) is 56.3 Å². The van der Waals surface area contributed by atoms with Crippen molar-refractivity contribution in [3.8, 4) is 0 Å². The molecule has 0 aliphatic heterocycles. The summed E-state index contributed by atoms with van der Waals surface area (Å²) in [4.78, 5) is 18.4. The fourth-order valence-electron chi connectivity index (χ4n) is 5.32. The van der Waals surface area contributed by atoms with E-state index in [0.717, 1.165) is 48.4 Å². The Kier molecular flexibility index (Phi) is 3.73. The summed E-state index contributed by atoms with van der Waals surface area (Å²) in [6.07, 6.45) is 9.34. The molecule has 0 N–H and O–H groups in total. The molecule has 4 fully saturated rings. The van der Waals surface area contributed by atoms with Gasteiger partial charge in [-0.25, -0.2) is 0 Å². The Balaban J connectivity index is 1.60. The van der Waals surface area contributed by atoms with Crippen molar-refractivity contribution in [3.63, 3.8) is 0 Å². The van der Waals surface area contributed by atoms with Crippen LogP contribution in [0.25, 0.3) is 0 Å². The lowest BCUT2D eigenvalue weighted by Gasteiger charge is -2.55. The number of methoxy groups -OCH3 is 1. The number of aromatic nitrogens is 1. The Morgan fingerprint density at radius 2 is 1.95 bits per heavy atom. The van der Waals surface area contributed by atoms with Gasteiger partial charge < -0.3 is 9.30 Å². The molecule has 1 amide bonds. The number of carbonyl (C=O) groups is 1. The summed E-state index contributed by atoms with van der Waals surface area (Å²) in [7, 11) is 1.70. The topological polar surface area (TPSA) is 43.6 Å². The maximum absolute atomic E-state index is 13.0. The Morgan fingerprint density at radius 3 is 2.55 bits per heavy atom. The quantitative estimate of drug-likeness (QED) is 0.856. The first-order chi connectivity index (χ1) is 10.7. The number of nitrogens with zero attached hydrogens (tertiary/aromatic N) is 2. The first-order valence-corrected chi connectivity index (χ1v) is 9.28. The predicted octanol–water partition coefficient (Wildman–Crippen LogP) is 2.84. The van der Waals surface area contributed by atoms with Crippen LogP contribution in [0.4, 0.5) is 0 Å². The molecule has 1 heterocycles. The fraction of sp³-hybridized carbons (Fsp3) is 0.765. The molecule has 4 saturated carbocycles. The average molecular weight is 320 g/mol. The molecule has 0 atom stereocenters. The molecule has 0 unspecified atom stereocenters. The van der Waals surface area contributed by atoms with E-state index in [9.17, 15) is 4.79 Å². The third kappa shape index (κ3) is 2.48. The van der Waals surface area contributed by atoms with Crippen LogP contribution in [0.15, 0.2) is 16.6 Å². The molecule has 120 valence electrons. The highest BCUT2D eigenvalue weighted by Gasteiger charge is 2.54. The predicted molar refractivity (Wildman–Crippen MR) is 85.4 cm³/mol. The number of hydrogen-bond donors (Lipinski definition) is 0. The first kappa shape index (κ1) is 14.6. The van der Waals surface area contributed by atoms with Crippen molar-refractivity contribution < 1.29 is 9.53 Å². The number of rotatable bonds is 4. The van der Waals surface area contributed by atoms with E-state index < -0.39 is 0 Å². The van der Waals surface area contributed by atoms with Crippen LogP contribution in [0.2, 0.25) is 0 Å². The van der Waals surface area contributed by atoms with Gasteiger partial charge in [0.2, 0.25) is 0 Å². The zero-order chi connectivity index (χ0) is 15.2. The van der Waals surface area contributed by atoms with Crippen molar-refractivity contribution in [1.29, 1.82) is 0 Å². The van der Waals surface area contributed by atoms with Gasteiger partial charge in [0.05, 0.1) is 12.0 Å². The van der Waals surface area contributed by atoms with Crippen molar-refractivity contribution in [2.24, 2.45) is 28.2 Å². The van der Waals surface area contributed by atoms with Gasteiger partial charge in [0.25, 0.3) is 5.91 Å². The second-order valence-electron chi connectivity index (χ2n) is 7.49. The molecule has 4 nitrogen and oxygen atoms in total. The minimum absolute atomic E-state index is 0.127. The van der Waals surface area contributed by atoms with Gasteiger partial charge in [-0.2, -0.15) is 4.99 Å². The highest BCUT2D eigenvalue weighted by atomic mass is 32.1. The highest BCUT2D eigenvalue weighted by molar-refractivity contribution is 7.07. The molecule has 0 radical (unpaired) electrons. The van der Waals surface area contributed by atoms with E-state index in [1.807, 2.05) is 16.1 Å². The van der Waals surface area contributed by atoms with Crippen LogP contribution in [0.3, 0.4) is 0 Å². The summed E-state index contributed by atoms with van der Waals surface area (Å²) in [6, 6.07) is 0. The largest absolute Gasteiger partial charge is 0.383 e. The standard InChI is InChI=1S/C17H24N2O2S/c1-21-4-2-19-3-5-22-16(19)18-15(20)17-9-12-6-13(10-17)8-14(7-12)11-17/h3,5,12-14H,2,4,6-11H2,1H3/b18-16-. The maximum atomic E-state index is 13.0. The van der Waals surface area contributed by atoms with Crippen LogP contribution < -0.4 is 4.80 Å². The summed E-state index contributed by atoms with van der Waals surface area (Å²) < 4.78 is 7.17. The van der Waals surface area contributed by atoms with E-state index in [4.69, 9.17) is 4.74 Å². The maximum Gasteiger partial charge on any atom is 0.254 e. The summed E-state index contributed by atoms with van der Waals surface area (Å²) in [5, 5.41) is 2.00. The number of carbonyl (C=O) groups excluding carboxylic acids is 1. The summed E-state index contributed by atoms with van der Waals surface area (Å²) in [5.74, 6) is 2.51.